The van der Waals surface area contributed by atoms with Gasteiger partial charge in [0, 0.05) is 63.8 Å². The van der Waals surface area contributed by atoms with Crippen LogP contribution in [0.15, 0.2) is 224 Å². The highest BCUT2D eigenvalue weighted by Gasteiger charge is 2.46. The van der Waals surface area contributed by atoms with Crippen molar-refractivity contribution in [2.45, 2.75) is 5.41 Å². The van der Waals surface area contributed by atoms with Crippen LogP contribution in [0.4, 0.5) is 0 Å². The van der Waals surface area contributed by atoms with Crippen LogP contribution in [0, 0.1) is 0 Å². The van der Waals surface area contributed by atoms with Crippen LogP contribution in [0.1, 0.15) is 22.3 Å². The highest BCUT2D eigenvalue weighted by atomic mass is 32.1. The molecule has 0 spiro atoms. The zero-order chi connectivity index (χ0) is 43.3. The third-order valence-electron chi connectivity index (χ3n) is 13.9. The van der Waals surface area contributed by atoms with Crippen molar-refractivity contribution in [2.75, 3.05) is 0 Å². The predicted molar refractivity (Wildman–Crippen MR) is 276 cm³/mol. The summed E-state index contributed by atoms with van der Waals surface area (Å²) in [6.45, 7) is 0. The molecule has 0 fully saturated rings. The van der Waals surface area contributed by atoms with Gasteiger partial charge < -0.3 is 0 Å². The van der Waals surface area contributed by atoms with E-state index in [9.17, 15) is 0 Å². The molecule has 14 rings (SSSR count). The Labute approximate surface area is 385 Å². The normalized spacial score (nSPS) is 13.0. The van der Waals surface area contributed by atoms with Crippen molar-refractivity contribution in [1.82, 2.24) is 15.0 Å². The summed E-state index contributed by atoms with van der Waals surface area (Å²) >= 11 is 1.85. The minimum Gasteiger partial charge on any atom is -0.247 e. The number of hydrogen-bond acceptors (Lipinski definition) is 4. The topological polar surface area (TPSA) is 38.7 Å². The van der Waals surface area contributed by atoms with Gasteiger partial charge in [-0.25, -0.2) is 15.0 Å². The Hall–Kier alpha value is -8.31. The lowest BCUT2D eigenvalue weighted by molar-refractivity contribution is 0.769. The molecule has 0 unspecified atom stereocenters. The number of rotatable bonds is 5. The van der Waals surface area contributed by atoms with E-state index in [4.69, 9.17) is 15.0 Å². The van der Waals surface area contributed by atoms with E-state index in [2.05, 4.69) is 218 Å². The van der Waals surface area contributed by atoms with Crippen molar-refractivity contribution in [3.63, 3.8) is 0 Å². The van der Waals surface area contributed by atoms with Gasteiger partial charge in [-0.2, -0.15) is 0 Å². The van der Waals surface area contributed by atoms with Gasteiger partial charge in [0.25, 0.3) is 0 Å². The quantitative estimate of drug-likeness (QED) is 0.162. The third-order valence-corrected chi connectivity index (χ3v) is 15.1. The van der Waals surface area contributed by atoms with Crippen LogP contribution in [-0.2, 0) is 5.41 Å². The second-order valence-corrected chi connectivity index (χ2v) is 18.4. The Bertz CT molecular complexity index is 4060. The Kier molecular flexibility index (Phi) is 8.07. The van der Waals surface area contributed by atoms with Gasteiger partial charge in [0.2, 0.25) is 0 Å². The van der Waals surface area contributed by atoms with Crippen molar-refractivity contribution in [3.8, 4) is 44.9 Å². The molecule has 4 aromatic heterocycles. The maximum atomic E-state index is 5.65. The fourth-order valence-electron chi connectivity index (χ4n) is 11.0. The molecule has 4 heterocycles. The standard InChI is InChI=1S/C62H37N3S/c1-4-16-38(17-5-1)52-34-31-39-28-29-40-32-35-54(65-60(40)59(39)63-52)48-37-49-56(57-47-24-12-15-27-55(47)66-61(48)57)46-23-11-14-26-53(46)64-58(49)41-30-33-45-44-22-10-13-25-50(44)62(51(45)36-41,42-18-6-2-7-19-42)43-20-8-3-9-21-43/h1-37H. The van der Waals surface area contributed by atoms with Crippen LogP contribution in [0.2, 0.25) is 0 Å². The van der Waals surface area contributed by atoms with E-state index in [0.717, 1.165) is 71.9 Å². The van der Waals surface area contributed by atoms with Crippen molar-refractivity contribution < 1.29 is 0 Å². The highest BCUT2D eigenvalue weighted by molar-refractivity contribution is 7.26. The minimum absolute atomic E-state index is 0.536. The monoisotopic (exact) mass is 855 g/mol. The van der Waals surface area contributed by atoms with E-state index in [-0.39, 0.29) is 0 Å². The van der Waals surface area contributed by atoms with E-state index < -0.39 is 5.41 Å². The number of nitrogens with zero attached hydrogens (tertiary/aromatic N) is 3. The number of hydrogen-bond donors (Lipinski definition) is 0. The average Bonchev–Trinajstić information content (AvgIpc) is 3.93. The van der Waals surface area contributed by atoms with Crippen molar-refractivity contribution in [3.05, 3.63) is 247 Å². The summed E-state index contributed by atoms with van der Waals surface area (Å²) in [6.07, 6.45) is 0. The van der Waals surface area contributed by atoms with E-state index in [1.165, 1.54) is 58.9 Å². The first-order valence-corrected chi connectivity index (χ1v) is 23.3. The van der Waals surface area contributed by atoms with Gasteiger partial charge in [0.05, 0.1) is 39.0 Å². The lowest BCUT2D eigenvalue weighted by Gasteiger charge is -2.34. The second kappa shape index (κ2) is 14.3. The van der Waals surface area contributed by atoms with Gasteiger partial charge in [-0.05, 0) is 69.8 Å². The van der Waals surface area contributed by atoms with Crippen LogP contribution in [0.25, 0.3) is 109 Å². The molecular formula is C62H37N3S. The van der Waals surface area contributed by atoms with E-state index in [0.29, 0.717) is 0 Å². The molecule has 1 aliphatic carbocycles. The van der Waals surface area contributed by atoms with E-state index >= 15 is 0 Å². The third kappa shape index (κ3) is 5.34. The fourth-order valence-corrected chi connectivity index (χ4v) is 12.3. The smallest absolute Gasteiger partial charge is 0.0972 e. The van der Waals surface area contributed by atoms with Crippen LogP contribution < -0.4 is 0 Å². The first-order valence-electron chi connectivity index (χ1n) is 22.5. The number of benzene rings is 9. The molecule has 0 N–H and O–H groups in total. The van der Waals surface area contributed by atoms with E-state index in [1.807, 2.05) is 17.4 Å². The first-order chi connectivity index (χ1) is 32.7. The Morgan fingerprint density at radius 2 is 0.955 bits per heavy atom. The van der Waals surface area contributed by atoms with Crippen LogP contribution >= 0.6 is 11.3 Å². The summed E-state index contributed by atoms with van der Waals surface area (Å²) < 4.78 is 2.46. The molecule has 0 aliphatic heterocycles. The molecule has 9 aromatic carbocycles. The SMILES string of the molecule is c1ccc(-c2ccc3ccc4ccc(-c5cc6c(-c7ccc8c(c7)C(c7ccccc7)(c7ccccc7)c7ccccc7-8)nc7ccccc7c6c6c5sc5ccccc56)nc4c3n2)cc1. The summed E-state index contributed by atoms with van der Waals surface area (Å²) in [6, 6.07) is 81.4. The maximum absolute atomic E-state index is 5.65. The molecule has 0 amide bonds. The number of fused-ring (bicyclic) bond motifs is 13. The largest absolute Gasteiger partial charge is 0.247 e. The molecule has 0 radical (unpaired) electrons. The molecule has 4 heteroatoms. The molecule has 13 aromatic rings. The lowest BCUT2D eigenvalue weighted by atomic mass is 9.67. The van der Waals surface area contributed by atoms with Gasteiger partial charge in [0.15, 0.2) is 0 Å². The average molecular weight is 856 g/mol. The number of para-hydroxylation sites is 1. The Morgan fingerprint density at radius 1 is 0.364 bits per heavy atom. The summed E-state index contributed by atoms with van der Waals surface area (Å²) in [5.74, 6) is 0. The van der Waals surface area contributed by atoms with Crippen LogP contribution in [0.5, 0.6) is 0 Å². The van der Waals surface area contributed by atoms with Gasteiger partial charge in [-0.3, -0.25) is 0 Å². The maximum Gasteiger partial charge on any atom is 0.0972 e. The summed E-state index contributed by atoms with van der Waals surface area (Å²) in [5, 5.41) is 8.06. The summed E-state index contributed by atoms with van der Waals surface area (Å²) in [7, 11) is 0. The summed E-state index contributed by atoms with van der Waals surface area (Å²) in [4.78, 5) is 16.5. The summed E-state index contributed by atoms with van der Waals surface area (Å²) in [5.41, 5.74) is 15.8. The number of thiophene rings is 1. The molecule has 1 aliphatic rings. The molecule has 0 atom stereocenters. The highest BCUT2D eigenvalue weighted by Crippen LogP contribution is 2.57. The zero-order valence-corrected chi connectivity index (χ0v) is 36.4. The molecule has 0 bridgehead atoms. The molecule has 0 saturated heterocycles. The zero-order valence-electron chi connectivity index (χ0n) is 35.6. The molecular weight excluding hydrogens is 819 g/mol. The number of pyridine rings is 3. The van der Waals surface area contributed by atoms with Gasteiger partial charge in [-0.15, -0.1) is 11.3 Å². The predicted octanol–water partition coefficient (Wildman–Crippen LogP) is 16.2. The minimum atomic E-state index is -0.536. The van der Waals surface area contributed by atoms with E-state index in [1.54, 1.807) is 0 Å². The number of aromatic nitrogens is 3. The van der Waals surface area contributed by atoms with Gasteiger partial charge in [0.1, 0.15) is 0 Å². The lowest BCUT2D eigenvalue weighted by Crippen LogP contribution is -2.28. The fraction of sp³-hybridized carbons (Fsp3) is 0.0161. The van der Waals surface area contributed by atoms with Crippen molar-refractivity contribution >= 4 is 75.0 Å². The van der Waals surface area contributed by atoms with Gasteiger partial charge in [-0.1, -0.05) is 188 Å². The van der Waals surface area contributed by atoms with Crippen molar-refractivity contribution in [1.29, 1.82) is 0 Å². The van der Waals surface area contributed by atoms with Crippen LogP contribution in [0.3, 0.4) is 0 Å². The molecule has 66 heavy (non-hydrogen) atoms. The Morgan fingerprint density at radius 3 is 1.71 bits per heavy atom. The molecule has 0 saturated carbocycles. The van der Waals surface area contributed by atoms with Gasteiger partial charge >= 0.3 is 0 Å². The second-order valence-electron chi connectivity index (χ2n) is 17.4. The molecule has 3 nitrogen and oxygen atoms in total. The molecule has 306 valence electrons. The first kappa shape index (κ1) is 37.1. The Balaban J connectivity index is 1.08. The van der Waals surface area contributed by atoms with Crippen molar-refractivity contribution in [2.24, 2.45) is 0 Å². The van der Waals surface area contributed by atoms with Crippen LogP contribution in [-0.4, -0.2) is 15.0 Å².